The molecule has 1 atom stereocenters. The summed E-state index contributed by atoms with van der Waals surface area (Å²) < 4.78 is 0. The van der Waals surface area contributed by atoms with E-state index in [-0.39, 0.29) is 11.9 Å². The normalized spacial score (nSPS) is 22.2. The molecular weight excluding hydrogens is 224 g/mol. The van der Waals surface area contributed by atoms with E-state index in [1.165, 1.54) is 0 Å². The summed E-state index contributed by atoms with van der Waals surface area (Å²) in [5, 5.41) is 14.8. The molecule has 0 bridgehead atoms. The van der Waals surface area contributed by atoms with Crippen molar-refractivity contribution >= 4 is 23.4 Å². The van der Waals surface area contributed by atoms with Crippen LogP contribution in [0.2, 0.25) is 0 Å². The van der Waals surface area contributed by atoms with Gasteiger partial charge in [0, 0.05) is 17.1 Å². The Morgan fingerprint density at radius 3 is 2.88 bits per heavy atom. The minimum Gasteiger partial charge on any atom is -0.411 e. The molecular formula is C11H12N2O2S. The second-order valence-electron chi connectivity index (χ2n) is 3.50. The molecule has 1 aromatic carbocycles. The lowest BCUT2D eigenvalue weighted by Gasteiger charge is -2.11. The largest absolute Gasteiger partial charge is 0.411 e. The summed E-state index contributed by atoms with van der Waals surface area (Å²) in [5.74, 6) is 1.31. The van der Waals surface area contributed by atoms with Crippen LogP contribution in [0.25, 0.3) is 0 Å². The lowest BCUT2D eigenvalue weighted by molar-refractivity contribution is 0.0949. The smallest absolute Gasteiger partial charge is 0.251 e. The van der Waals surface area contributed by atoms with Gasteiger partial charge in [0.1, 0.15) is 0 Å². The average Bonchev–Trinajstić information content (AvgIpc) is 2.77. The molecule has 0 radical (unpaired) electrons. The number of rotatable bonds is 2. The topological polar surface area (TPSA) is 61.7 Å². The summed E-state index contributed by atoms with van der Waals surface area (Å²) in [6.07, 6.45) is 0. The van der Waals surface area contributed by atoms with Gasteiger partial charge in [-0.1, -0.05) is 23.4 Å². The van der Waals surface area contributed by atoms with E-state index in [0.29, 0.717) is 17.0 Å². The highest BCUT2D eigenvalue weighted by atomic mass is 32.2. The highest BCUT2D eigenvalue weighted by Crippen LogP contribution is 2.15. The second kappa shape index (κ2) is 5.03. The molecule has 0 aromatic heterocycles. The number of thioether (sulfide) groups is 1. The molecule has 1 aliphatic rings. The molecule has 1 amide bonds. The van der Waals surface area contributed by atoms with Crippen LogP contribution in [0.3, 0.4) is 0 Å². The van der Waals surface area contributed by atoms with E-state index in [1.54, 1.807) is 23.9 Å². The molecule has 1 fully saturated rings. The van der Waals surface area contributed by atoms with Crippen molar-refractivity contribution in [2.45, 2.75) is 6.04 Å². The molecule has 0 saturated carbocycles. The van der Waals surface area contributed by atoms with Gasteiger partial charge >= 0.3 is 0 Å². The molecule has 0 unspecified atom stereocenters. The van der Waals surface area contributed by atoms with Gasteiger partial charge in [0.25, 0.3) is 5.91 Å². The van der Waals surface area contributed by atoms with Gasteiger partial charge in [-0.15, -0.1) is 0 Å². The van der Waals surface area contributed by atoms with Crippen molar-refractivity contribution in [2.24, 2.45) is 5.16 Å². The molecule has 1 aliphatic heterocycles. The standard InChI is InChI=1S/C11H12N2O2S/c14-11(8-4-2-1-3-5-8)12-9-6-16-7-10(9)13-15/h1-5,9,15H,6-7H2,(H,12,14)/t9-/m1/s1. The van der Waals surface area contributed by atoms with Gasteiger partial charge in [0.2, 0.25) is 0 Å². The predicted molar refractivity (Wildman–Crippen MR) is 64.2 cm³/mol. The maximum absolute atomic E-state index is 11.8. The molecule has 16 heavy (non-hydrogen) atoms. The van der Waals surface area contributed by atoms with E-state index < -0.39 is 0 Å². The molecule has 2 rings (SSSR count). The molecule has 5 heteroatoms. The van der Waals surface area contributed by atoms with Crippen molar-refractivity contribution in [1.82, 2.24) is 5.32 Å². The quantitative estimate of drug-likeness (QED) is 0.602. The molecule has 0 aliphatic carbocycles. The van der Waals surface area contributed by atoms with E-state index >= 15 is 0 Å². The van der Waals surface area contributed by atoms with Crippen LogP contribution in [0.15, 0.2) is 35.5 Å². The molecule has 1 aromatic rings. The molecule has 4 nitrogen and oxygen atoms in total. The van der Waals surface area contributed by atoms with Crippen molar-refractivity contribution < 1.29 is 10.0 Å². The van der Waals surface area contributed by atoms with Crippen LogP contribution in [0, 0.1) is 0 Å². The Morgan fingerprint density at radius 1 is 1.44 bits per heavy atom. The molecule has 0 spiro atoms. The zero-order valence-corrected chi connectivity index (χ0v) is 9.41. The molecule has 84 valence electrons. The van der Waals surface area contributed by atoms with Crippen LogP contribution in [0.5, 0.6) is 0 Å². The Kier molecular flexibility index (Phi) is 3.46. The van der Waals surface area contributed by atoms with Crippen LogP contribution in [0.4, 0.5) is 0 Å². The van der Waals surface area contributed by atoms with E-state index in [1.807, 2.05) is 18.2 Å². The van der Waals surface area contributed by atoms with Gasteiger partial charge < -0.3 is 10.5 Å². The van der Waals surface area contributed by atoms with Crippen molar-refractivity contribution in [2.75, 3.05) is 11.5 Å². The lowest BCUT2D eigenvalue weighted by atomic mass is 10.2. The van der Waals surface area contributed by atoms with Crippen LogP contribution in [0.1, 0.15) is 10.4 Å². The first-order chi connectivity index (χ1) is 7.81. The number of hydrogen-bond acceptors (Lipinski definition) is 4. The average molecular weight is 236 g/mol. The third-order valence-corrected chi connectivity index (χ3v) is 3.48. The fraction of sp³-hybridized carbons (Fsp3) is 0.273. The number of carbonyl (C=O) groups is 1. The first-order valence-corrected chi connectivity index (χ1v) is 6.11. The third-order valence-electron chi connectivity index (χ3n) is 2.41. The fourth-order valence-corrected chi connectivity index (χ4v) is 2.63. The Morgan fingerprint density at radius 2 is 2.19 bits per heavy atom. The minimum atomic E-state index is -0.150. The van der Waals surface area contributed by atoms with Crippen molar-refractivity contribution in [3.63, 3.8) is 0 Å². The monoisotopic (exact) mass is 236 g/mol. The van der Waals surface area contributed by atoms with Crippen molar-refractivity contribution in [3.8, 4) is 0 Å². The maximum Gasteiger partial charge on any atom is 0.251 e. The fourth-order valence-electron chi connectivity index (χ4n) is 1.53. The zero-order chi connectivity index (χ0) is 11.4. The number of oxime groups is 1. The van der Waals surface area contributed by atoms with Gasteiger partial charge in [-0.2, -0.15) is 11.8 Å². The number of nitrogens with one attached hydrogen (secondary N) is 1. The van der Waals surface area contributed by atoms with E-state index in [4.69, 9.17) is 5.21 Å². The zero-order valence-electron chi connectivity index (χ0n) is 8.59. The third kappa shape index (κ3) is 2.36. The van der Waals surface area contributed by atoms with Crippen molar-refractivity contribution in [1.29, 1.82) is 0 Å². The number of nitrogens with zero attached hydrogens (tertiary/aromatic N) is 1. The van der Waals surface area contributed by atoms with Gasteiger partial charge in [0.05, 0.1) is 11.8 Å². The lowest BCUT2D eigenvalue weighted by Crippen LogP contribution is -2.40. The molecule has 1 saturated heterocycles. The summed E-state index contributed by atoms with van der Waals surface area (Å²) in [6, 6.07) is 8.87. The Hall–Kier alpha value is -1.49. The van der Waals surface area contributed by atoms with Gasteiger partial charge in [-0.25, -0.2) is 0 Å². The Labute approximate surface area is 97.7 Å². The number of amides is 1. The van der Waals surface area contributed by atoms with Crippen LogP contribution in [-0.4, -0.2) is 34.4 Å². The number of hydrogen-bond donors (Lipinski definition) is 2. The van der Waals surface area contributed by atoms with Crippen LogP contribution >= 0.6 is 11.8 Å². The van der Waals surface area contributed by atoms with E-state index in [2.05, 4.69) is 10.5 Å². The summed E-state index contributed by atoms with van der Waals surface area (Å²) >= 11 is 1.65. The maximum atomic E-state index is 11.8. The highest BCUT2D eigenvalue weighted by molar-refractivity contribution is 8.00. The summed E-state index contributed by atoms with van der Waals surface area (Å²) in [5.41, 5.74) is 1.26. The van der Waals surface area contributed by atoms with Gasteiger partial charge in [-0.3, -0.25) is 4.79 Å². The summed E-state index contributed by atoms with van der Waals surface area (Å²) in [7, 11) is 0. The highest BCUT2D eigenvalue weighted by Gasteiger charge is 2.25. The van der Waals surface area contributed by atoms with Crippen LogP contribution < -0.4 is 5.32 Å². The van der Waals surface area contributed by atoms with Crippen molar-refractivity contribution in [3.05, 3.63) is 35.9 Å². The first-order valence-electron chi connectivity index (χ1n) is 4.95. The number of carbonyl (C=O) groups excluding carboxylic acids is 1. The van der Waals surface area contributed by atoms with E-state index in [0.717, 1.165) is 5.75 Å². The molecule has 2 N–H and O–H groups in total. The first kappa shape index (κ1) is 11.0. The van der Waals surface area contributed by atoms with E-state index in [9.17, 15) is 4.79 Å². The van der Waals surface area contributed by atoms with Crippen LogP contribution in [-0.2, 0) is 0 Å². The minimum absolute atomic E-state index is 0.130. The Balaban J connectivity index is 2.03. The summed E-state index contributed by atoms with van der Waals surface area (Å²) in [4.78, 5) is 11.8. The van der Waals surface area contributed by atoms with Gasteiger partial charge in [-0.05, 0) is 12.1 Å². The second-order valence-corrected chi connectivity index (χ2v) is 4.53. The Bertz CT molecular complexity index is 406. The SMILES string of the molecule is O=C(N[C@@H]1CSCC1=NO)c1ccccc1. The molecule has 1 heterocycles. The summed E-state index contributed by atoms with van der Waals surface area (Å²) in [6.45, 7) is 0. The predicted octanol–water partition coefficient (Wildman–Crippen LogP) is 1.36. The van der Waals surface area contributed by atoms with Gasteiger partial charge in [0.15, 0.2) is 0 Å². The number of benzene rings is 1.